The van der Waals surface area contributed by atoms with Gasteiger partial charge in [0, 0.05) is 11.8 Å². The Labute approximate surface area is 142 Å². The van der Waals surface area contributed by atoms with Gasteiger partial charge in [-0.15, -0.1) is 0 Å². The first-order chi connectivity index (χ1) is 11.9. The maximum Gasteiger partial charge on any atom is 0.250 e. The third-order valence-corrected chi connectivity index (χ3v) is 3.49. The summed E-state index contributed by atoms with van der Waals surface area (Å²) < 4.78 is 28.0. The maximum absolute atomic E-state index is 13.6. The maximum atomic E-state index is 13.6. The zero-order valence-corrected chi connectivity index (χ0v) is 13.6. The van der Waals surface area contributed by atoms with Crippen molar-refractivity contribution in [2.45, 2.75) is 20.3 Å². The number of amides is 1. The van der Waals surface area contributed by atoms with Crippen LogP contribution in [0, 0.1) is 25.5 Å². The van der Waals surface area contributed by atoms with Crippen LogP contribution in [0.15, 0.2) is 36.7 Å². The average Bonchev–Trinajstić information content (AvgIpc) is 2.89. The van der Waals surface area contributed by atoms with E-state index in [1.165, 1.54) is 18.5 Å². The molecule has 1 amide bonds. The number of anilines is 1. The Morgan fingerprint density at radius 1 is 1.16 bits per heavy atom. The van der Waals surface area contributed by atoms with E-state index in [4.69, 9.17) is 0 Å². The van der Waals surface area contributed by atoms with E-state index in [1.807, 2.05) is 19.9 Å². The van der Waals surface area contributed by atoms with Crippen LogP contribution < -0.4 is 5.32 Å². The van der Waals surface area contributed by atoms with Crippen molar-refractivity contribution in [3.63, 3.8) is 0 Å². The molecule has 8 heteroatoms. The zero-order valence-electron chi connectivity index (χ0n) is 13.6. The number of aryl methyl sites for hydroxylation is 2. The molecule has 3 aromatic rings. The zero-order chi connectivity index (χ0) is 18.0. The number of hydrogen-bond donors (Lipinski definition) is 1. The Balaban J connectivity index is 1.68. The van der Waals surface area contributed by atoms with Crippen molar-refractivity contribution in [2.24, 2.45) is 0 Å². The van der Waals surface area contributed by atoms with E-state index in [1.54, 1.807) is 4.68 Å². The van der Waals surface area contributed by atoms with Gasteiger partial charge in [-0.3, -0.25) is 4.79 Å². The van der Waals surface area contributed by atoms with Gasteiger partial charge in [0.15, 0.2) is 0 Å². The van der Waals surface area contributed by atoms with Gasteiger partial charge in [-0.25, -0.2) is 23.4 Å². The third kappa shape index (κ3) is 3.85. The van der Waals surface area contributed by atoms with E-state index in [-0.39, 0.29) is 12.0 Å². The molecule has 0 radical (unpaired) electrons. The van der Waals surface area contributed by atoms with Gasteiger partial charge in [-0.1, -0.05) is 6.07 Å². The van der Waals surface area contributed by atoms with Crippen molar-refractivity contribution in [3.05, 3.63) is 65.2 Å². The fraction of sp³-hybridized carbons (Fsp3) is 0.176. The van der Waals surface area contributed by atoms with Crippen LogP contribution in [0.5, 0.6) is 0 Å². The molecule has 3 rings (SSSR count). The summed E-state index contributed by atoms with van der Waals surface area (Å²) in [5, 5.41) is 6.85. The lowest BCUT2D eigenvalue weighted by atomic mass is 10.1. The monoisotopic (exact) mass is 343 g/mol. The van der Waals surface area contributed by atoms with Crippen molar-refractivity contribution in [3.8, 4) is 5.95 Å². The summed E-state index contributed by atoms with van der Waals surface area (Å²) in [6, 6.07) is 5.00. The van der Waals surface area contributed by atoms with Crippen LogP contribution >= 0.6 is 0 Å². The van der Waals surface area contributed by atoms with Crippen molar-refractivity contribution >= 4 is 11.6 Å². The number of nitrogens with one attached hydrogen (secondary N) is 1. The van der Waals surface area contributed by atoms with Gasteiger partial charge in [0.05, 0.1) is 30.2 Å². The molecule has 0 unspecified atom stereocenters. The second-order valence-electron chi connectivity index (χ2n) is 5.57. The van der Waals surface area contributed by atoms with Crippen molar-refractivity contribution in [1.82, 2.24) is 19.7 Å². The average molecular weight is 343 g/mol. The molecule has 25 heavy (non-hydrogen) atoms. The minimum Gasteiger partial charge on any atom is -0.323 e. The molecule has 0 aliphatic heterocycles. The molecule has 0 bridgehead atoms. The molecule has 0 saturated carbocycles. The largest absolute Gasteiger partial charge is 0.323 e. The number of carbonyl (C=O) groups excluding carboxylic acids is 1. The predicted octanol–water partition coefficient (Wildman–Crippen LogP) is 2.74. The predicted molar refractivity (Wildman–Crippen MR) is 87.3 cm³/mol. The number of halogens is 2. The topological polar surface area (TPSA) is 72.7 Å². The van der Waals surface area contributed by atoms with Gasteiger partial charge in [-0.05, 0) is 31.5 Å². The third-order valence-electron chi connectivity index (χ3n) is 3.49. The van der Waals surface area contributed by atoms with Gasteiger partial charge in [-0.2, -0.15) is 5.10 Å². The highest BCUT2D eigenvalue weighted by molar-refractivity contribution is 5.91. The summed E-state index contributed by atoms with van der Waals surface area (Å²) in [5.74, 6) is -1.51. The Morgan fingerprint density at radius 3 is 2.48 bits per heavy atom. The Hall–Kier alpha value is -3.16. The van der Waals surface area contributed by atoms with Crippen LogP contribution in [0.25, 0.3) is 5.95 Å². The number of hydrogen-bond acceptors (Lipinski definition) is 4. The molecular weight excluding hydrogens is 328 g/mol. The van der Waals surface area contributed by atoms with Gasteiger partial charge in [0.25, 0.3) is 5.95 Å². The van der Waals surface area contributed by atoms with Gasteiger partial charge in [0.1, 0.15) is 11.6 Å². The lowest BCUT2D eigenvalue weighted by Gasteiger charge is -2.07. The second kappa shape index (κ2) is 6.76. The van der Waals surface area contributed by atoms with Gasteiger partial charge < -0.3 is 5.32 Å². The quantitative estimate of drug-likeness (QED) is 0.791. The Bertz CT molecular complexity index is 921. The van der Waals surface area contributed by atoms with Gasteiger partial charge in [0.2, 0.25) is 5.91 Å². The van der Waals surface area contributed by atoms with Crippen LogP contribution in [0.3, 0.4) is 0 Å². The summed E-state index contributed by atoms with van der Waals surface area (Å²) in [4.78, 5) is 20.3. The van der Waals surface area contributed by atoms with E-state index >= 15 is 0 Å². The number of benzene rings is 1. The van der Waals surface area contributed by atoms with E-state index in [0.29, 0.717) is 11.6 Å². The second-order valence-corrected chi connectivity index (χ2v) is 5.57. The summed E-state index contributed by atoms with van der Waals surface area (Å²) in [5.41, 5.74) is 2.22. The first-order valence-corrected chi connectivity index (χ1v) is 7.52. The lowest BCUT2D eigenvalue weighted by Crippen LogP contribution is -2.16. The number of nitrogens with zero attached hydrogens (tertiary/aromatic N) is 4. The SMILES string of the molecule is Cc1cc(C)n(-c2ncc(NC(=O)Cc3ccc(F)cc3F)cn2)n1. The Kier molecular flexibility index (Phi) is 4.51. The van der Waals surface area contributed by atoms with Gasteiger partial charge >= 0.3 is 0 Å². The standard InChI is InChI=1S/C17H15F2N5O/c1-10-5-11(2)24(23-10)17-20-8-14(9-21-17)22-16(25)6-12-3-4-13(18)7-15(12)19/h3-5,7-9H,6H2,1-2H3,(H,22,25). The normalized spacial score (nSPS) is 10.7. The smallest absolute Gasteiger partial charge is 0.250 e. The van der Waals surface area contributed by atoms with Crippen LogP contribution in [0.1, 0.15) is 17.0 Å². The van der Waals surface area contributed by atoms with Crippen LogP contribution in [0.2, 0.25) is 0 Å². The van der Waals surface area contributed by atoms with Crippen LogP contribution in [-0.2, 0) is 11.2 Å². The summed E-state index contributed by atoms with van der Waals surface area (Å²) in [6.45, 7) is 3.75. The first kappa shape index (κ1) is 16.7. The molecule has 0 saturated heterocycles. The highest BCUT2D eigenvalue weighted by atomic mass is 19.1. The molecule has 0 atom stereocenters. The van der Waals surface area contributed by atoms with E-state index < -0.39 is 17.5 Å². The van der Waals surface area contributed by atoms with E-state index in [9.17, 15) is 13.6 Å². The Morgan fingerprint density at radius 2 is 1.88 bits per heavy atom. The molecule has 2 heterocycles. The molecule has 128 valence electrons. The first-order valence-electron chi connectivity index (χ1n) is 7.52. The minimum absolute atomic E-state index is 0.110. The molecule has 0 spiro atoms. The molecular formula is C17H15F2N5O. The summed E-state index contributed by atoms with van der Waals surface area (Å²) >= 11 is 0. The highest BCUT2D eigenvalue weighted by Gasteiger charge is 2.11. The van der Waals surface area contributed by atoms with E-state index in [0.717, 1.165) is 23.5 Å². The fourth-order valence-corrected chi connectivity index (χ4v) is 2.37. The van der Waals surface area contributed by atoms with Crippen molar-refractivity contribution in [2.75, 3.05) is 5.32 Å². The van der Waals surface area contributed by atoms with Crippen molar-refractivity contribution < 1.29 is 13.6 Å². The molecule has 6 nitrogen and oxygen atoms in total. The number of rotatable bonds is 4. The highest BCUT2D eigenvalue weighted by Crippen LogP contribution is 2.13. The molecule has 1 aromatic carbocycles. The molecule has 0 fully saturated rings. The van der Waals surface area contributed by atoms with Crippen LogP contribution in [-0.4, -0.2) is 25.7 Å². The molecule has 1 N–H and O–H groups in total. The minimum atomic E-state index is -0.758. The molecule has 2 aromatic heterocycles. The lowest BCUT2D eigenvalue weighted by molar-refractivity contribution is -0.115. The number of aromatic nitrogens is 4. The van der Waals surface area contributed by atoms with E-state index in [2.05, 4.69) is 20.4 Å². The van der Waals surface area contributed by atoms with Crippen LogP contribution in [0.4, 0.5) is 14.5 Å². The van der Waals surface area contributed by atoms with Crippen molar-refractivity contribution in [1.29, 1.82) is 0 Å². The molecule has 0 aliphatic carbocycles. The number of carbonyl (C=O) groups is 1. The fourth-order valence-electron chi connectivity index (χ4n) is 2.37. The summed E-state index contributed by atoms with van der Waals surface area (Å²) in [7, 11) is 0. The molecule has 0 aliphatic rings. The summed E-state index contributed by atoms with van der Waals surface area (Å²) in [6.07, 6.45) is 2.67.